The van der Waals surface area contributed by atoms with Crippen LogP contribution in [0, 0.1) is 0 Å². The average Bonchev–Trinajstić information content (AvgIpc) is 2.62. The second-order valence-corrected chi connectivity index (χ2v) is 6.53. The van der Waals surface area contributed by atoms with Gasteiger partial charge in [-0.25, -0.2) is 4.98 Å². The van der Waals surface area contributed by atoms with Gasteiger partial charge in [-0.2, -0.15) is 13.2 Å². The summed E-state index contributed by atoms with van der Waals surface area (Å²) in [5, 5.41) is 13.1. The van der Waals surface area contributed by atoms with Gasteiger partial charge < -0.3 is 15.3 Å². The fourth-order valence-electron chi connectivity index (χ4n) is 3.20. The Morgan fingerprint density at radius 1 is 1.19 bits per heavy atom. The van der Waals surface area contributed by atoms with E-state index in [1.807, 2.05) is 12.1 Å². The minimum Gasteiger partial charge on any atom is -0.391 e. The van der Waals surface area contributed by atoms with E-state index in [9.17, 15) is 18.3 Å². The first kappa shape index (κ1) is 18.7. The van der Waals surface area contributed by atoms with Crippen LogP contribution in [0.5, 0.6) is 0 Å². The van der Waals surface area contributed by atoms with Crippen LogP contribution in [0.15, 0.2) is 42.6 Å². The zero-order valence-electron chi connectivity index (χ0n) is 14.3. The van der Waals surface area contributed by atoms with E-state index in [1.165, 1.54) is 6.07 Å². The fraction of sp³-hybridized carbons (Fsp3) is 0.421. The van der Waals surface area contributed by atoms with Gasteiger partial charge in [0.15, 0.2) is 0 Å². The maximum Gasteiger partial charge on any atom is 0.416 e. The number of pyridine rings is 1. The monoisotopic (exact) mass is 365 g/mol. The van der Waals surface area contributed by atoms with E-state index in [2.05, 4.69) is 15.2 Å². The zero-order valence-corrected chi connectivity index (χ0v) is 14.3. The molecule has 140 valence electrons. The van der Waals surface area contributed by atoms with Crippen LogP contribution in [-0.4, -0.2) is 29.3 Å². The van der Waals surface area contributed by atoms with E-state index in [1.54, 1.807) is 12.3 Å². The maximum absolute atomic E-state index is 12.8. The van der Waals surface area contributed by atoms with E-state index >= 15 is 0 Å². The number of nitrogens with one attached hydrogen (secondary N) is 1. The third-order valence-corrected chi connectivity index (χ3v) is 4.46. The Kier molecular flexibility index (Phi) is 5.78. The summed E-state index contributed by atoms with van der Waals surface area (Å²) in [6.07, 6.45) is -1.26. The van der Waals surface area contributed by atoms with Crippen molar-refractivity contribution in [3.63, 3.8) is 0 Å². The lowest BCUT2D eigenvalue weighted by atomic mass is 10.1. The molecular weight excluding hydrogens is 343 g/mol. The van der Waals surface area contributed by atoms with Crippen molar-refractivity contribution in [1.82, 2.24) is 10.3 Å². The first-order valence-corrected chi connectivity index (χ1v) is 8.67. The Hall–Kier alpha value is -2.12. The Labute approximate surface area is 150 Å². The fourth-order valence-corrected chi connectivity index (χ4v) is 3.20. The van der Waals surface area contributed by atoms with Gasteiger partial charge >= 0.3 is 6.18 Å². The number of nitrogens with zero attached hydrogens (tertiary/aromatic N) is 2. The van der Waals surface area contributed by atoms with Crippen molar-refractivity contribution in [1.29, 1.82) is 0 Å². The Morgan fingerprint density at radius 2 is 2.04 bits per heavy atom. The second-order valence-electron chi connectivity index (χ2n) is 6.53. The van der Waals surface area contributed by atoms with Crippen LogP contribution >= 0.6 is 0 Å². The quantitative estimate of drug-likeness (QED) is 0.853. The number of aromatic nitrogens is 1. The van der Waals surface area contributed by atoms with Crippen molar-refractivity contribution in [2.45, 2.75) is 38.2 Å². The van der Waals surface area contributed by atoms with Gasteiger partial charge in [-0.1, -0.05) is 24.3 Å². The van der Waals surface area contributed by atoms with Crippen LogP contribution in [0.4, 0.5) is 19.0 Å². The summed E-state index contributed by atoms with van der Waals surface area (Å²) in [6, 6.07) is 9.12. The minimum atomic E-state index is -4.33. The maximum atomic E-state index is 12.8. The number of aliphatic hydroxyl groups is 1. The molecule has 0 aliphatic carbocycles. The Balaban J connectivity index is 1.64. The summed E-state index contributed by atoms with van der Waals surface area (Å²) in [4.78, 5) is 6.50. The molecule has 1 saturated heterocycles. The molecule has 0 amide bonds. The summed E-state index contributed by atoms with van der Waals surface area (Å²) in [5.41, 5.74) is 0.911. The SMILES string of the molecule is O[C@@H]1CCCN(c2ncccc2CNCc2cccc(C(F)(F)F)c2)C1. The lowest BCUT2D eigenvalue weighted by Gasteiger charge is -2.32. The molecule has 0 bridgehead atoms. The Bertz CT molecular complexity index is 736. The zero-order chi connectivity index (χ0) is 18.6. The smallest absolute Gasteiger partial charge is 0.391 e. The van der Waals surface area contributed by atoms with Gasteiger partial charge in [0.1, 0.15) is 5.82 Å². The molecule has 0 spiro atoms. The number of anilines is 1. The summed E-state index contributed by atoms with van der Waals surface area (Å²) < 4.78 is 38.4. The van der Waals surface area contributed by atoms with Gasteiger partial charge in [-0.3, -0.25) is 0 Å². The molecule has 7 heteroatoms. The predicted molar refractivity (Wildman–Crippen MR) is 93.7 cm³/mol. The molecule has 3 rings (SSSR count). The lowest BCUT2D eigenvalue weighted by molar-refractivity contribution is -0.137. The van der Waals surface area contributed by atoms with Gasteiger partial charge in [-0.15, -0.1) is 0 Å². The summed E-state index contributed by atoms with van der Waals surface area (Å²) >= 11 is 0. The van der Waals surface area contributed by atoms with Crippen LogP contribution in [-0.2, 0) is 19.3 Å². The number of aliphatic hydroxyl groups excluding tert-OH is 1. The second kappa shape index (κ2) is 8.05. The molecule has 1 aliphatic heterocycles. The number of hydrogen-bond acceptors (Lipinski definition) is 4. The first-order chi connectivity index (χ1) is 12.4. The highest BCUT2D eigenvalue weighted by molar-refractivity contribution is 5.47. The number of halogens is 3. The molecule has 1 aromatic heterocycles. The average molecular weight is 365 g/mol. The number of β-amino-alcohol motifs (C(OH)–C–C–N with tert-alkyl or cyclic N) is 1. The molecule has 2 heterocycles. The molecule has 0 saturated carbocycles. The van der Waals surface area contributed by atoms with Crippen LogP contribution in [0.25, 0.3) is 0 Å². The molecule has 1 fully saturated rings. The van der Waals surface area contributed by atoms with Gasteiger partial charge in [0.2, 0.25) is 0 Å². The molecule has 2 aromatic rings. The topological polar surface area (TPSA) is 48.4 Å². The van der Waals surface area contributed by atoms with E-state index in [-0.39, 0.29) is 6.10 Å². The van der Waals surface area contributed by atoms with Crippen molar-refractivity contribution < 1.29 is 18.3 Å². The number of hydrogen-bond donors (Lipinski definition) is 2. The van der Waals surface area contributed by atoms with Crippen LogP contribution in [0.2, 0.25) is 0 Å². The standard InChI is InChI=1S/C19H22F3N3O/c20-19(21,22)16-6-1-4-14(10-16)11-23-12-15-5-2-8-24-18(15)25-9-3-7-17(26)13-25/h1-2,4-6,8,10,17,23,26H,3,7,9,11-13H2/t17-/m1/s1. The van der Waals surface area contributed by atoms with Gasteiger partial charge in [-0.05, 0) is 30.5 Å². The largest absolute Gasteiger partial charge is 0.416 e. The number of piperidine rings is 1. The molecule has 0 unspecified atom stereocenters. The van der Waals surface area contributed by atoms with Crippen LogP contribution in [0.3, 0.4) is 0 Å². The van der Waals surface area contributed by atoms with Crippen molar-refractivity contribution in [3.8, 4) is 0 Å². The molecule has 0 radical (unpaired) electrons. The highest BCUT2D eigenvalue weighted by Gasteiger charge is 2.30. The van der Waals surface area contributed by atoms with Crippen molar-refractivity contribution in [2.24, 2.45) is 0 Å². The van der Waals surface area contributed by atoms with E-state index < -0.39 is 11.7 Å². The van der Waals surface area contributed by atoms with E-state index in [0.717, 1.165) is 42.9 Å². The lowest BCUT2D eigenvalue weighted by Crippen LogP contribution is -2.39. The molecule has 1 aliphatic rings. The molecule has 26 heavy (non-hydrogen) atoms. The summed E-state index contributed by atoms with van der Waals surface area (Å²) in [6.45, 7) is 2.22. The third-order valence-electron chi connectivity index (χ3n) is 4.46. The van der Waals surface area contributed by atoms with Crippen LogP contribution in [0.1, 0.15) is 29.5 Å². The van der Waals surface area contributed by atoms with Crippen molar-refractivity contribution in [2.75, 3.05) is 18.0 Å². The van der Waals surface area contributed by atoms with Crippen molar-refractivity contribution >= 4 is 5.82 Å². The molecule has 1 atom stereocenters. The highest BCUT2D eigenvalue weighted by Crippen LogP contribution is 2.29. The van der Waals surface area contributed by atoms with Crippen LogP contribution < -0.4 is 10.2 Å². The molecular formula is C19H22F3N3O. The summed E-state index contributed by atoms with van der Waals surface area (Å²) in [5.74, 6) is 0.822. The van der Waals surface area contributed by atoms with Crippen molar-refractivity contribution in [3.05, 3.63) is 59.3 Å². The number of benzene rings is 1. The predicted octanol–water partition coefficient (Wildman–Crippen LogP) is 3.35. The van der Waals surface area contributed by atoms with Gasteiger partial charge in [0.25, 0.3) is 0 Å². The van der Waals surface area contributed by atoms with Gasteiger partial charge in [0.05, 0.1) is 11.7 Å². The first-order valence-electron chi connectivity index (χ1n) is 8.67. The van der Waals surface area contributed by atoms with E-state index in [4.69, 9.17) is 0 Å². The number of alkyl halides is 3. The number of rotatable bonds is 5. The minimum absolute atomic E-state index is 0.334. The summed E-state index contributed by atoms with van der Waals surface area (Å²) in [7, 11) is 0. The Morgan fingerprint density at radius 3 is 2.81 bits per heavy atom. The highest BCUT2D eigenvalue weighted by atomic mass is 19.4. The third kappa shape index (κ3) is 4.74. The molecule has 2 N–H and O–H groups in total. The molecule has 1 aromatic carbocycles. The van der Waals surface area contributed by atoms with Gasteiger partial charge in [0, 0.05) is 37.9 Å². The molecule has 4 nitrogen and oxygen atoms in total. The van der Waals surface area contributed by atoms with E-state index in [0.29, 0.717) is 25.2 Å². The normalized spacial score (nSPS) is 18.2.